The molecule has 1 N–H and O–H groups in total. The molecule has 2 rings (SSSR count). The summed E-state index contributed by atoms with van der Waals surface area (Å²) in [4.78, 5) is 0. The van der Waals surface area contributed by atoms with Gasteiger partial charge in [-0.15, -0.1) is 0 Å². The number of benzene rings is 2. The molecular weight excluding hydrogens is 174 g/mol. The van der Waals surface area contributed by atoms with Gasteiger partial charge in [0.2, 0.25) is 0 Å². The standard InChI is InChI=1S/C12H11NO/c1-9(13-14)11-8-4-6-10-5-2-3-7-12(10)11/h2-8,14H,1H3. The molecule has 0 saturated heterocycles. The van der Waals surface area contributed by atoms with Crippen LogP contribution >= 0.6 is 0 Å². The first-order chi connectivity index (χ1) is 6.83. The molecule has 0 radical (unpaired) electrons. The number of nitrogens with zero attached hydrogens (tertiary/aromatic N) is 1. The molecule has 0 fully saturated rings. The number of hydrogen-bond acceptors (Lipinski definition) is 2. The van der Waals surface area contributed by atoms with Crippen molar-refractivity contribution in [2.75, 3.05) is 0 Å². The summed E-state index contributed by atoms with van der Waals surface area (Å²) in [7, 11) is 0. The van der Waals surface area contributed by atoms with Crippen molar-refractivity contribution >= 4 is 16.5 Å². The molecule has 0 unspecified atom stereocenters. The van der Waals surface area contributed by atoms with E-state index in [0.717, 1.165) is 16.3 Å². The zero-order chi connectivity index (χ0) is 9.97. The van der Waals surface area contributed by atoms with Gasteiger partial charge in [-0.3, -0.25) is 0 Å². The SMILES string of the molecule is CC(=NO)c1cccc2ccccc12. The highest BCUT2D eigenvalue weighted by Gasteiger charge is 2.02. The zero-order valence-corrected chi connectivity index (χ0v) is 7.94. The molecule has 0 heterocycles. The van der Waals surface area contributed by atoms with Gasteiger partial charge in [-0.1, -0.05) is 47.6 Å². The van der Waals surface area contributed by atoms with Crippen LogP contribution in [0.4, 0.5) is 0 Å². The van der Waals surface area contributed by atoms with E-state index < -0.39 is 0 Å². The summed E-state index contributed by atoms with van der Waals surface area (Å²) < 4.78 is 0. The Hall–Kier alpha value is -1.83. The zero-order valence-electron chi connectivity index (χ0n) is 7.94. The van der Waals surface area contributed by atoms with E-state index in [-0.39, 0.29) is 0 Å². The molecule has 0 aliphatic rings. The van der Waals surface area contributed by atoms with E-state index in [0.29, 0.717) is 5.71 Å². The van der Waals surface area contributed by atoms with Crippen LogP contribution in [0, 0.1) is 0 Å². The van der Waals surface area contributed by atoms with E-state index in [1.165, 1.54) is 0 Å². The second-order valence-corrected chi connectivity index (χ2v) is 3.21. The fourth-order valence-electron chi connectivity index (χ4n) is 1.59. The van der Waals surface area contributed by atoms with Crippen molar-refractivity contribution < 1.29 is 5.21 Å². The van der Waals surface area contributed by atoms with Crippen molar-refractivity contribution in [2.24, 2.45) is 5.16 Å². The molecule has 2 aromatic carbocycles. The molecule has 0 amide bonds. The maximum atomic E-state index is 8.74. The fraction of sp³-hybridized carbons (Fsp3) is 0.0833. The van der Waals surface area contributed by atoms with Crippen LogP contribution in [0.5, 0.6) is 0 Å². The first-order valence-electron chi connectivity index (χ1n) is 4.49. The normalized spacial score (nSPS) is 11.9. The van der Waals surface area contributed by atoms with Crippen molar-refractivity contribution in [3.05, 3.63) is 48.0 Å². The fourth-order valence-corrected chi connectivity index (χ4v) is 1.59. The predicted molar refractivity (Wildman–Crippen MR) is 57.9 cm³/mol. The second kappa shape index (κ2) is 3.50. The Kier molecular flexibility index (Phi) is 2.19. The first kappa shape index (κ1) is 8.75. The second-order valence-electron chi connectivity index (χ2n) is 3.21. The molecule has 2 aromatic rings. The van der Waals surface area contributed by atoms with E-state index in [2.05, 4.69) is 5.16 Å². The average Bonchev–Trinajstić information content (AvgIpc) is 2.27. The lowest BCUT2D eigenvalue weighted by Gasteiger charge is -2.03. The summed E-state index contributed by atoms with van der Waals surface area (Å²) in [5.41, 5.74) is 1.62. The molecule has 2 heteroatoms. The van der Waals surface area contributed by atoms with Crippen LogP contribution in [0.15, 0.2) is 47.6 Å². The third-order valence-corrected chi connectivity index (χ3v) is 2.33. The smallest absolute Gasteiger partial charge is 0.0843 e. The summed E-state index contributed by atoms with van der Waals surface area (Å²) in [6, 6.07) is 14.0. The molecule has 0 saturated carbocycles. The molecule has 2 nitrogen and oxygen atoms in total. The summed E-state index contributed by atoms with van der Waals surface area (Å²) in [5, 5.41) is 14.2. The number of oxime groups is 1. The van der Waals surface area contributed by atoms with Crippen LogP contribution in [-0.2, 0) is 0 Å². The maximum absolute atomic E-state index is 8.74. The third-order valence-electron chi connectivity index (χ3n) is 2.33. The van der Waals surface area contributed by atoms with E-state index >= 15 is 0 Å². The van der Waals surface area contributed by atoms with E-state index in [1.54, 1.807) is 6.92 Å². The van der Waals surface area contributed by atoms with E-state index in [1.807, 2.05) is 42.5 Å². The lowest BCUT2D eigenvalue weighted by Crippen LogP contribution is -1.95. The lowest BCUT2D eigenvalue weighted by atomic mass is 10.0. The lowest BCUT2D eigenvalue weighted by molar-refractivity contribution is 0.319. The maximum Gasteiger partial charge on any atom is 0.0843 e. The first-order valence-corrected chi connectivity index (χ1v) is 4.49. The van der Waals surface area contributed by atoms with Crippen LogP contribution < -0.4 is 0 Å². The van der Waals surface area contributed by atoms with Crippen LogP contribution in [-0.4, -0.2) is 10.9 Å². The van der Waals surface area contributed by atoms with Gasteiger partial charge in [0.15, 0.2) is 0 Å². The molecule has 14 heavy (non-hydrogen) atoms. The highest BCUT2D eigenvalue weighted by Crippen LogP contribution is 2.18. The monoisotopic (exact) mass is 185 g/mol. The topological polar surface area (TPSA) is 32.6 Å². The van der Waals surface area contributed by atoms with Gasteiger partial charge in [0.05, 0.1) is 5.71 Å². The molecule has 0 aromatic heterocycles. The summed E-state index contributed by atoms with van der Waals surface area (Å²) in [6.45, 7) is 1.79. The van der Waals surface area contributed by atoms with Crippen molar-refractivity contribution in [3.8, 4) is 0 Å². The van der Waals surface area contributed by atoms with Crippen LogP contribution in [0.3, 0.4) is 0 Å². The van der Waals surface area contributed by atoms with Crippen molar-refractivity contribution in [2.45, 2.75) is 6.92 Å². The Morgan fingerprint density at radius 1 is 1.07 bits per heavy atom. The van der Waals surface area contributed by atoms with Crippen LogP contribution in [0.1, 0.15) is 12.5 Å². The van der Waals surface area contributed by atoms with Gasteiger partial charge in [-0.2, -0.15) is 0 Å². The molecular formula is C12H11NO. The molecule has 0 aliphatic heterocycles. The summed E-state index contributed by atoms with van der Waals surface area (Å²) >= 11 is 0. The molecule has 70 valence electrons. The third kappa shape index (κ3) is 1.35. The van der Waals surface area contributed by atoms with Gasteiger partial charge >= 0.3 is 0 Å². The molecule has 0 atom stereocenters. The Morgan fingerprint density at radius 2 is 1.79 bits per heavy atom. The minimum Gasteiger partial charge on any atom is -0.411 e. The van der Waals surface area contributed by atoms with Gasteiger partial charge in [-0.25, -0.2) is 0 Å². The number of rotatable bonds is 1. The quantitative estimate of drug-likeness (QED) is 0.413. The average molecular weight is 185 g/mol. The van der Waals surface area contributed by atoms with Gasteiger partial charge in [0, 0.05) is 5.56 Å². The molecule has 0 aliphatic carbocycles. The Balaban J connectivity index is 2.77. The predicted octanol–water partition coefficient (Wildman–Crippen LogP) is 3.04. The highest BCUT2D eigenvalue weighted by atomic mass is 16.4. The van der Waals surface area contributed by atoms with Gasteiger partial charge in [0.1, 0.15) is 0 Å². The number of fused-ring (bicyclic) bond motifs is 1. The van der Waals surface area contributed by atoms with Gasteiger partial charge in [-0.05, 0) is 17.7 Å². The largest absolute Gasteiger partial charge is 0.411 e. The van der Waals surface area contributed by atoms with Crippen molar-refractivity contribution in [3.63, 3.8) is 0 Å². The van der Waals surface area contributed by atoms with Gasteiger partial charge in [0.25, 0.3) is 0 Å². The minimum atomic E-state index is 0.641. The summed E-state index contributed by atoms with van der Waals surface area (Å²) in [5.74, 6) is 0. The summed E-state index contributed by atoms with van der Waals surface area (Å²) in [6.07, 6.45) is 0. The Bertz CT molecular complexity index is 483. The van der Waals surface area contributed by atoms with E-state index in [4.69, 9.17) is 5.21 Å². The van der Waals surface area contributed by atoms with Crippen molar-refractivity contribution in [1.29, 1.82) is 0 Å². The van der Waals surface area contributed by atoms with Gasteiger partial charge < -0.3 is 5.21 Å². The van der Waals surface area contributed by atoms with Crippen LogP contribution in [0.2, 0.25) is 0 Å². The molecule has 0 spiro atoms. The molecule has 0 bridgehead atoms. The number of hydrogen-bond donors (Lipinski definition) is 1. The van der Waals surface area contributed by atoms with Crippen LogP contribution in [0.25, 0.3) is 10.8 Å². The minimum absolute atomic E-state index is 0.641. The Labute approximate surface area is 82.5 Å². The highest BCUT2D eigenvalue weighted by molar-refractivity contribution is 6.09. The Morgan fingerprint density at radius 3 is 2.57 bits per heavy atom. The van der Waals surface area contributed by atoms with Crippen molar-refractivity contribution in [1.82, 2.24) is 0 Å². The van der Waals surface area contributed by atoms with E-state index in [9.17, 15) is 0 Å².